The standard InChI is InChI=1S/C19H32N2/c1-14-10-16(3)18(11-15(14)2)19(12-20)21(4)13-17-8-6-5-7-9-17/h10-11,17,19H,5-9,12-13,20H2,1-4H3. The molecule has 118 valence electrons. The van der Waals surface area contributed by atoms with Crippen LogP contribution in [0.4, 0.5) is 0 Å². The second kappa shape index (κ2) is 7.42. The van der Waals surface area contributed by atoms with E-state index in [0.717, 1.165) is 5.92 Å². The molecule has 0 radical (unpaired) electrons. The number of hydrogen-bond acceptors (Lipinski definition) is 2. The molecule has 1 atom stereocenters. The molecule has 0 saturated heterocycles. The Morgan fingerprint density at radius 3 is 2.29 bits per heavy atom. The van der Waals surface area contributed by atoms with Crippen LogP contribution in [0.15, 0.2) is 12.1 Å². The summed E-state index contributed by atoms with van der Waals surface area (Å²) in [6.45, 7) is 8.50. The molecule has 2 N–H and O–H groups in total. The maximum absolute atomic E-state index is 6.13. The summed E-state index contributed by atoms with van der Waals surface area (Å²) in [5.41, 5.74) is 11.7. The first-order valence-electron chi connectivity index (χ1n) is 8.51. The van der Waals surface area contributed by atoms with Crippen molar-refractivity contribution in [1.29, 1.82) is 0 Å². The lowest BCUT2D eigenvalue weighted by Crippen LogP contribution is -2.35. The van der Waals surface area contributed by atoms with Crippen molar-refractivity contribution in [2.75, 3.05) is 20.1 Å². The number of likely N-dealkylation sites (N-methyl/N-ethyl adjacent to an activating group) is 1. The summed E-state index contributed by atoms with van der Waals surface area (Å²) in [7, 11) is 2.25. The summed E-state index contributed by atoms with van der Waals surface area (Å²) in [6, 6.07) is 5.01. The van der Waals surface area contributed by atoms with Gasteiger partial charge in [0.2, 0.25) is 0 Å². The summed E-state index contributed by atoms with van der Waals surface area (Å²) in [6.07, 6.45) is 7.04. The Balaban J connectivity index is 2.12. The Hall–Kier alpha value is -0.860. The van der Waals surface area contributed by atoms with E-state index in [1.165, 1.54) is 60.9 Å². The minimum atomic E-state index is 0.353. The van der Waals surface area contributed by atoms with Crippen LogP contribution >= 0.6 is 0 Å². The van der Waals surface area contributed by atoms with Crippen molar-refractivity contribution in [1.82, 2.24) is 4.90 Å². The van der Waals surface area contributed by atoms with Gasteiger partial charge < -0.3 is 5.73 Å². The van der Waals surface area contributed by atoms with E-state index in [1.54, 1.807) is 0 Å². The van der Waals surface area contributed by atoms with Crippen molar-refractivity contribution < 1.29 is 0 Å². The molecule has 1 saturated carbocycles. The Labute approximate surface area is 130 Å². The number of benzene rings is 1. The normalized spacial score (nSPS) is 18.2. The van der Waals surface area contributed by atoms with Gasteiger partial charge in [0.15, 0.2) is 0 Å². The second-order valence-electron chi connectivity index (χ2n) is 6.99. The molecule has 0 amide bonds. The van der Waals surface area contributed by atoms with E-state index >= 15 is 0 Å². The molecule has 1 aliphatic carbocycles. The fraction of sp³-hybridized carbons (Fsp3) is 0.684. The topological polar surface area (TPSA) is 29.3 Å². The van der Waals surface area contributed by atoms with E-state index in [2.05, 4.69) is 44.9 Å². The van der Waals surface area contributed by atoms with Crippen LogP contribution in [0.1, 0.15) is 60.4 Å². The summed E-state index contributed by atoms with van der Waals surface area (Å²) in [5.74, 6) is 0.865. The van der Waals surface area contributed by atoms with Gasteiger partial charge in [0.25, 0.3) is 0 Å². The van der Waals surface area contributed by atoms with Crippen LogP contribution in [-0.4, -0.2) is 25.0 Å². The highest BCUT2D eigenvalue weighted by atomic mass is 15.1. The molecule has 1 aliphatic rings. The first kappa shape index (κ1) is 16.5. The minimum Gasteiger partial charge on any atom is -0.329 e. The molecule has 1 unspecified atom stereocenters. The van der Waals surface area contributed by atoms with Crippen molar-refractivity contribution in [3.05, 3.63) is 34.4 Å². The molecule has 0 heterocycles. The minimum absolute atomic E-state index is 0.353. The molecule has 1 aromatic carbocycles. The van der Waals surface area contributed by atoms with E-state index in [9.17, 15) is 0 Å². The van der Waals surface area contributed by atoms with Crippen molar-refractivity contribution in [2.24, 2.45) is 11.7 Å². The zero-order chi connectivity index (χ0) is 15.4. The van der Waals surface area contributed by atoms with E-state index in [-0.39, 0.29) is 0 Å². The summed E-state index contributed by atoms with van der Waals surface area (Å²) in [4.78, 5) is 2.49. The third kappa shape index (κ3) is 4.08. The molecule has 2 nitrogen and oxygen atoms in total. The van der Waals surface area contributed by atoms with Gasteiger partial charge in [-0.2, -0.15) is 0 Å². The lowest BCUT2D eigenvalue weighted by atomic mass is 9.88. The van der Waals surface area contributed by atoms with Gasteiger partial charge in [-0.1, -0.05) is 31.4 Å². The first-order valence-corrected chi connectivity index (χ1v) is 8.51. The maximum Gasteiger partial charge on any atom is 0.0470 e. The van der Waals surface area contributed by atoms with Gasteiger partial charge in [-0.15, -0.1) is 0 Å². The van der Waals surface area contributed by atoms with E-state index in [0.29, 0.717) is 12.6 Å². The van der Waals surface area contributed by atoms with E-state index in [4.69, 9.17) is 5.73 Å². The van der Waals surface area contributed by atoms with Crippen LogP contribution in [0, 0.1) is 26.7 Å². The van der Waals surface area contributed by atoms with E-state index in [1.807, 2.05) is 0 Å². The highest BCUT2D eigenvalue weighted by Crippen LogP contribution is 2.29. The highest BCUT2D eigenvalue weighted by Gasteiger charge is 2.22. The zero-order valence-electron chi connectivity index (χ0n) is 14.3. The molecule has 0 aliphatic heterocycles. The fourth-order valence-electron chi connectivity index (χ4n) is 3.79. The second-order valence-corrected chi connectivity index (χ2v) is 6.99. The molecule has 1 aromatic rings. The third-order valence-corrected chi connectivity index (χ3v) is 5.27. The lowest BCUT2D eigenvalue weighted by Gasteiger charge is -2.33. The molecule has 0 spiro atoms. The van der Waals surface area contributed by atoms with Crippen LogP contribution in [0.5, 0.6) is 0 Å². The van der Waals surface area contributed by atoms with Crippen molar-refractivity contribution in [2.45, 2.75) is 58.9 Å². The molecule has 1 fully saturated rings. The van der Waals surface area contributed by atoms with Crippen LogP contribution in [0.25, 0.3) is 0 Å². The van der Waals surface area contributed by atoms with Crippen molar-refractivity contribution in [3.8, 4) is 0 Å². The van der Waals surface area contributed by atoms with Gasteiger partial charge in [-0.3, -0.25) is 4.90 Å². The largest absolute Gasteiger partial charge is 0.329 e. The van der Waals surface area contributed by atoms with Gasteiger partial charge in [-0.25, -0.2) is 0 Å². The monoisotopic (exact) mass is 288 g/mol. The number of aryl methyl sites for hydroxylation is 3. The highest BCUT2D eigenvalue weighted by molar-refractivity contribution is 5.38. The zero-order valence-corrected chi connectivity index (χ0v) is 14.3. The SMILES string of the molecule is Cc1cc(C)c(C(CN)N(C)CC2CCCCC2)cc1C. The van der Waals surface area contributed by atoms with Crippen LogP contribution < -0.4 is 5.73 Å². The number of nitrogens with zero attached hydrogens (tertiary/aromatic N) is 1. The van der Waals surface area contributed by atoms with Gasteiger partial charge in [-0.05, 0) is 68.8 Å². The predicted octanol–water partition coefficient (Wildman–Crippen LogP) is 4.12. The van der Waals surface area contributed by atoms with Crippen molar-refractivity contribution in [3.63, 3.8) is 0 Å². The summed E-state index contributed by atoms with van der Waals surface area (Å²) in [5, 5.41) is 0. The molecule has 21 heavy (non-hydrogen) atoms. The fourth-order valence-corrected chi connectivity index (χ4v) is 3.79. The average Bonchev–Trinajstić information content (AvgIpc) is 2.46. The van der Waals surface area contributed by atoms with Crippen molar-refractivity contribution >= 4 is 0 Å². The van der Waals surface area contributed by atoms with Crippen LogP contribution in [-0.2, 0) is 0 Å². The van der Waals surface area contributed by atoms with Gasteiger partial charge in [0.05, 0.1) is 0 Å². The number of nitrogens with two attached hydrogens (primary N) is 1. The first-order chi connectivity index (χ1) is 10.0. The van der Waals surface area contributed by atoms with Gasteiger partial charge in [0, 0.05) is 19.1 Å². The maximum atomic E-state index is 6.13. The van der Waals surface area contributed by atoms with Crippen LogP contribution in [0.3, 0.4) is 0 Å². The number of rotatable bonds is 5. The molecule has 2 rings (SSSR count). The molecular weight excluding hydrogens is 256 g/mol. The summed E-state index contributed by atoms with van der Waals surface area (Å²) < 4.78 is 0. The number of hydrogen-bond donors (Lipinski definition) is 1. The van der Waals surface area contributed by atoms with E-state index < -0.39 is 0 Å². The smallest absolute Gasteiger partial charge is 0.0470 e. The Bertz CT molecular complexity index is 461. The predicted molar refractivity (Wildman–Crippen MR) is 91.7 cm³/mol. The lowest BCUT2D eigenvalue weighted by molar-refractivity contribution is 0.185. The van der Waals surface area contributed by atoms with Crippen LogP contribution in [0.2, 0.25) is 0 Å². The molecular formula is C19H32N2. The average molecular weight is 288 g/mol. The Morgan fingerprint density at radius 2 is 1.67 bits per heavy atom. The summed E-state index contributed by atoms with van der Waals surface area (Å²) >= 11 is 0. The Kier molecular flexibility index (Phi) is 5.83. The molecule has 0 bridgehead atoms. The van der Waals surface area contributed by atoms with Gasteiger partial charge >= 0.3 is 0 Å². The third-order valence-electron chi connectivity index (χ3n) is 5.27. The molecule has 0 aromatic heterocycles. The quantitative estimate of drug-likeness (QED) is 0.883. The van der Waals surface area contributed by atoms with Gasteiger partial charge in [0.1, 0.15) is 0 Å². The molecule has 2 heteroatoms. The Morgan fingerprint density at radius 1 is 1.05 bits per heavy atom.